The van der Waals surface area contributed by atoms with Crippen LogP contribution in [0.1, 0.15) is 117 Å². The highest BCUT2D eigenvalue weighted by molar-refractivity contribution is 5.24. The van der Waals surface area contributed by atoms with E-state index in [9.17, 15) is 0 Å². The lowest BCUT2D eigenvalue weighted by molar-refractivity contribution is -0.0536. The number of likely N-dealkylation sites (N-methyl/N-ethyl adjacent to an activating group) is 4. The zero-order valence-electron chi connectivity index (χ0n) is 47.3. The summed E-state index contributed by atoms with van der Waals surface area (Å²) in [5.74, 6) is 2.09. The van der Waals surface area contributed by atoms with Gasteiger partial charge >= 0.3 is 0 Å². The van der Waals surface area contributed by atoms with Crippen molar-refractivity contribution in [2.75, 3.05) is 80.8 Å². The van der Waals surface area contributed by atoms with E-state index in [0.29, 0.717) is 63.2 Å². The quantitative estimate of drug-likeness (QED) is 0.107. The average Bonchev–Trinajstić information content (AvgIpc) is 4.04. The van der Waals surface area contributed by atoms with Crippen molar-refractivity contribution >= 4 is 0 Å². The van der Waals surface area contributed by atoms with Gasteiger partial charge in [0.05, 0.1) is 76.3 Å². The summed E-state index contributed by atoms with van der Waals surface area (Å²) in [5.41, 5.74) is 4.95. The monoisotopic (exact) mass is 999 g/mol. The van der Waals surface area contributed by atoms with E-state index in [1.807, 2.05) is 21.8 Å². The van der Waals surface area contributed by atoms with Crippen molar-refractivity contribution in [3.8, 4) is 0 Å². The van der Waals surface area contributed by atoms with Gasteiger partial charge in [-0.05, 0) is 126 Å². The molecule has 1 saturated heterocycles. The van der Waals surface area contributed by atoms with Gasteiger partial charge in [-0.2, -0.15) is 0 Å². The molecule has 3 heterocycles. The van der Waals surface area contributed by atoms with Crippen LogP contribution in [0, 0.1) is 23.7 Å². The van der Waals surface area contributed by atoms with Crippen LogP contribution in [0.2, 0.25) is 0 Å². The van der Waals surface area contributed by atoms with E-state index < -0.39 is 0 Å². The first-order chi connectivity index (χ1) is 34.4. The van der Waals surface area contributed by atoms with Crippen LogP contribution in [0.4, 0.5) is 0 Å². The zero-order chi connectivity index (χ0) is 52.2. The molecule has 1 aliphatic rings. The number of aromatic nitrogens is 6. The molecule has 0 aliphatic carbocycles. The molecule has 8 atom stereocenters. The van der Waals surface area contributed by atoms with Crippen LogP contribution in [0.25, 0.3) is 0 Å². The molecule has 404 valence electrons. The van der Waals surface area contributed by atoms with Gasteiger partial charge in [0.2, 0.25) is 0 Å². The van der Waals surface area contributed by atoms with Gasteiger partial charge in [0.15, 0.2) is 0 Å². The summed E-state index contributed by atoms with van der Waals surface area (Å²) < 4.78 is 31.8. The van der Waals surface area contributed by atoms with E-state index in [0.717, 1.165) is 64.7 Å². The number of rotatable bonds is 16. The lowest BCUT2D eigenvalue weighted by Gasteiger charge is -2.37. The summed E-state index contributed by atoms with van der Waals surface area (Å²) in [6.07, 6.45) is 13.2. The van der Waals surface area contributed by atoms with Gasteiger partial charge in [-0.1, -0.05) is 114 Å². The van der Waals surface area contributed by atoms with Gasteiger partial charge in [0.25, 0.3) is 0 Å². The Morgan fingerprint density at radius 3 is 1.01 bits per heavy atom. The first-order valence-electron chi connectivity index (χ1n) is 27.5. The highest BCUT2D eigenvalue weighted by Crippen LogP contribution is 2.22. The third-order valence-corrected chi connectivity index (χ3v) is 14.3. The molecule has 14 nitrogen and oxygen atoms in total. The molecule has 2 aromatic carbocycles. The molecule has 0 radical (unpaired) electrons. The largest absolute Gasteiger partial charge is 0.376 e. The van der Waals surface area contributed by atoms with E-state index in [4.69, 9.17) is 18.9 Å². The van der Waals surface area contributed by atoms with Gasteiger partial charge in [0, 0.05) is 62.7 Å². The third kappa shape index (κ3) is 21.7. The van der Waals surface area contributed by atoms with E-state index in [-0.39, 0.29) is 48.6 Å². The van der Waals surface area contributed by atoms with Crippen molar-refractivity contribution in [1.82, 2.24) is 49.6 Å². The highest BCUT2D eigenvalue weighted by Gasteiger charge is 2.29. The first-order valence-corrected chi connectivity index (χ1v) is 27.5. The molecule has 5 rings (SSSR count). The fourth-order valence-electron chi connectivity index (χ4n) is 10.3. The predicted octanol–water partition coefficient (Wildman–Crippen LogP) is 8.73. The number of ether oxygens (including phenoxy) is 4. The molecular formula is C58H98N10O4. The van der Waals surface area contributed by atoms with Crippen LogP contribution >= 0.6 is 0 Å². The van der Waals surface area contributed by atoms with Crippen molar-refractivity contribution in [3.63, 3.8) is 0 Å². The highest BCUT2D eigenvalue weighted by atomic mass is 16.5. The Bertz CT molecular complexity index is 1840. The number of nitrogens with zero attached hydrogens (tertiary/aromatic N) is 10. The van der Waals surface area contributed by atoms with Crippen molar-refractivity contribution in [1.29, 1.82) is 0 Å². The Kier molecular flexibility index (Phi) is 25.3. The van der Waals surface area contributed by atoms with Crippen LogP contribution in [0.3, 0.4) is 0 Å². The summed E-state index contributed by atoms with van der Waals surface area (Å²) in [6.45, 7) is 30.4. The van der Waals surface area contributed by atoms with E-state index >= 15 is 0 Å². The standard InChI is InChI=1S/C58H98N10O4/c1-43(2)27-53-39-69-47(9)33-63(11)56(30-46(7)8)42-72-58(32-50-17-21-52(22-18-50)36-68-26-24-60-62-68)38-66(14)54(28-44(3)4)40-70-48(10)34-64(12)55(29-45(5)6)41-71-57(37-65(53)13)31-49-15-19-51(20-16-49)35-67-25-23-59-61-67/h15-26,43-48,53-58H,27-42H2,1-14H3/t47-,48-,53+,54+,55+,56+,57-,58-/m1/s1. The van der Waals surface area contributed by atoms with Crippen LogP contribution in [0.15, 0.2) is 73.3 Å². The minimum Gasteiger partial charge on any atom is -0.376 e. The van der Waals surface area contributed by atoms with E-state index in [1.54, 1.807) is 12.4 Å². The number of hydrogen-bond acceptors (Lipinski definition) is 12. The van der Waals surface area contributed by atoms with Crippen molar-refractivity contribution < 1.29 is 18.9 Å². The maximum Gasteiger partial charge on any atom is 0.0743 e. The van der Waals surface area contributed by atoms with Gasteiger partial charge in [-0.25, -0.2) is 9.36 Å². The molecule has 0 amide bonds. The number of hydrogen-bond donors (Lipinski definition) is 0. The second-order valence-corrected chi connectivity index (χ2v) is 23.3. The van der Waals surface area contributed by atoms with Crippen LogP contribution in [-0.2, 0) is 44.9 Å². The minimum atomic E-state index is -0.00519. The maximum absolute atomic E-state index is 7.16. The molecule has 4 aromatic rings. The Balaban J connectivity index is 1.40. The molecule has 72 heavy (non-hydrogen) atoms. The Morgan fingerprint density at radius 2 is 0.722 bits per heavy atom. The normalized spacial score (nSPS) is 25.7. The molecule has 0 bridgehead atoms. The fourth-order valence-corrected chi connectivity index (χ4v) is 10.3. The fraction of sp³-hybridized carbons (Fsp3) is 0.724. The smallest absolute Gasteiger partial charge is 0.0743 e. The second kappa shape index (κ2) is 30.7. The molecular weight excluding hydrogens is 901 g/mol. The first kappa shape index (κ1) is 59.3. The molecule has 0 saturated carbocycles. The van der Waals surface area contributed by atoms with Crippen molar-refractivity contribution in [3.05, 3.63) is 95.6 Å². The topological polar surface area (TPSA) is 111 Å². The SMILES string of the molecule is CC(C)C[C@H]1CO[C@H](C)CN(C)[C@@H](CC(C)C)CO[C@H](Cc2ccc(Cn3ccnn3)cc2)CN(C)[C@@H](CC(C)C)CO[C@H](C)CN(C)[C@@H](CC(C)C)CO[C@H](Cc2ccc(Cn3ccnn3)cc2)CN1C. The summed E-state index contributed by atoms with van der Waals surface area (Å²) in [7, 11) is 9.07. The van der Waals surface area contributed by atoms with Gasteiger partial charge in [-0.15, -0.1) is 10.2 Å². The Morgan fingerprint density at radius 1 is 0.431 bits per heavy atom. The Hall–Kier alpha value is -3.60. The average molecular weight is 999 g/mol. The van der Waals surface area contributed by atoms with Gasteiger partial charge in [0.1, 0.15) is 0 Å². The third-order valence-electron chi connectivity index (χ3n) is 14.3. The lowest BCUT2D eigenvalue weighted by atomic mass is 10.0. The molecule has 1 fully saturated rings. The van der Waals surface area contributed by atoms with Crippen LogP contribution < -0.4 is 0 Å². The van der Waals surface area contributed by atoms with Crippen molar-refractivity contribution in [2.24, 2.45) is 23.7 Å². The van der Waals surface area contributed by atoms with Gasteiger partial charge in [-0.3, -0.25) is 19.6 Å². The molecule has 0 unspecified atom stereocenters. The molecule has 1 aliphatic heterocycles. The minimum absolute atomic E-state index is 0.00519. The summed E-state index contributed by atoms with van der Waals surface area (Å²) >= 11 is 0. The van der Waals surface area contributed by atoms with Crippen molar-refractivity contribution in [2.45, 2.75) is 169 Å². The van der Waals surface area contributed by atoms with E-state index in [1.165, 1.54) is 22.3 Å². The molecule has 2 aromatic heterocycles. The zero-order valence-corrected chi connectivity index (χ0v) is 47.3. The van der Waals surface area contributed by atoms with E-state index in [2.05, 4.69) is 186 Å². The summed E-state index contributed by atoms with van der Waals surface area (Å²) in [6, 6.07) is 18.9. The van der Waals surface area contributed by atoms with Crippen LogP contribution in [0.5, 0.6) is 0 Å². The molecule has 14 heteroatoms. The second-order valence-electron chi connectivity index (χ2n) is 23.3. The predicted molar refractivity (Wildman–Crippen MR) is 292 cm³/mol. The summed E-state index contributed by atoms with van der Waals surface area (Å²) in [5, 5.41) is 16.3. The van der Waals surface area contributed by atoms with Gasteiger partial charge < -0.3 is 18.9 Å². The molecule has 0 N–H and O–H groups in total. The number of benzene rings is 2. The maximum atomic E-state index is 7.16. The summed E-state index contributed by atoms with van der Waals surface area (Å²) in [4.78, 5) is 10.0. The lowest BCUT2D eigenvalue weighted by Crippen LogP contribution is -2.47. The Labute approximate surface area is 436 Å². The van der Waals surface area contributed by atoms with Crippen LogP contribution in [-0.4, -0.2) is 179 Å². The molecule has 0 spiro atoms.